The van der Waals surface area contributed by atoms with Gasteiger partial charge < -0.3 is 0 Å². The van der Waals surface area contributed by atoms with Gasteiger partial charge >= 0.3 is 0 Å². The van der Waals surface area contributed by atoms with Crippen LogP contribution in [0.25, 0.3) is 0 Å². The van der Waals surface area contributed by atoms with Gasteiger partial charge in [-0.05, 0) is 12.5 Å². The molecule has 0 fully saturated rings. The highest BCUT2D eigenvalue weighted by molar-refractivity contribution is 9.09. The van der Waals surface area contributed by atoms with Crippen LogP contribution in [0.15, 0.2) is 12.3 Å². The van der Waals surface area contributed by atoms with Crippen LogP contribution < -0.4 is 0 Å². The third kappa shape index (κ3) is 2.67. The molecule has 0 spiro atoms. The molecular weight excluding hydrogens is 268 g/mol. The van der Waals surface area contributed by atoms with E-state index in [1.54, 1.807) is 0 Å². The minimum absolute atomic E-state index is 0.0901. The van der Waals surface area contributed by atoms with E-state index in [-0.39, 0.29) is 16.6 Å². The molecule has 1 aromatic rings. The number of aromatic nitrogens is 1. The van der Waals surface area contributed by atoms with Crippen molar-refractivity contribution in [1.82, 2.24) is 4.98 Å². The molecule has 2 atom stereocenters. The van der Waals surface area contributed by atoms with Gasteiger partial charge in [0, 0.05) is 16.9 Å². The summed E-state index contributed by atoms with van der Waals surface area (Å²) in [6.07, 6.45) is 2.33. The Morgan fingerprint density at radius 3 is 2.71 bits per heavy atom. The van der Waals surface area contributed by atoms with E-state index in [0.29, 0.717) is 10.7 Å². The standard InChI is InChI=1S/C10H12BrClFN/c1-3-8(6(2)11)10-9(13)4-7(12)5-14-10/h4-6,8H,3H2,1-2H3. The van der Waals surface area contributed by atoms with E-state index in [9.17, 15) is 4.39 Å². The van der Waals surface area contributed by atoms with Crippen LogP contribution in [0.2, 0.25) is 5.02 Å². The van der Waals surface area contributed by atoms with E-state index < -0.39 is 0 Å². The van der Waals surface area contributed by atoms with Crippen molar-refractivity contribution in [1.29, 1.82) is 0 Å². The van der Waals surface area contributed by atoms with Crippen LogP contribution in [-0.4, -0.2) is 9.81 Å². The molecule has 0 radical (unpaired) electrons. The van der Waals surface area contributed by atoms with Gasteiger partial charge in [-0.25, -0.2) is 4.39 Å². The SMILES string of the molecule is CCC(c1ncc(Cl)cc1F)C(C)Br. The highest BCUT2D eigenvalue weighted by Crippen LogP contribution is 2.29. The van der Waals surface area contributed by atoms with Gasteiger partial charge in [0.05, 0.1) is 10.7 Å². The van der Waals surface area contributed by atoms with Crippen LogP contribution in [0.4, 0.5) is 4.39 Å². The molecule has 0 aliphatic heterocycles. The molecule has 0 saturated heterocycles. The van der Waals surface area contributed by atoms with Gasteiger partial charge in [0.15, 0.2) is 0 Å². The number of nitrogens with zero attached hydrogens (tertiary/aromatic N) is 1. The minimum Gasteiger partial charge on any atom is -0.256 e. The van der Waals surface area contributed by atoms with Crippen molar-refractivity contribution in [2.45, 2.75) is 31.0 Å². The molecule has 1 nitrogen and oxygen atoms in total. The maximum atomic E-state index is 13.5. The average molecular weight is 281 g/mol. The third-order valence-electron chi connectivity index (χ3n) is 2.18. The summed E-state index contributed by atoms with van der Waals surface area (Å²) in [7, 11) is 0. The Balaban J connectivity index is 3.04. The first-order valence-electron chi connectivity index (χ1n) is 4.51. The van der Waals surface area contributed by atoms with Gasteiger partial charge in [0.2, 0.25) is 0 Å². The number of alkyl halides is 1. The lowest BCUT2D eigenvalue weighted by Gasteiger charge is -2.17. The van der Waals surface area contributed by atoms with Crippen molar-refractivity contribution in [3.05, 3.63) is 28.8 Å². The van der Waals surface area contributed by atoms with Gasteiger partial charge in [0.25, 0.3) is 0 Å². The Labute approximate surface area is 96.8 Å². The molecule has 0 aliphatic carbocycles. The van der Waals surface area contributed by atoms with E-state index in [1.165, 1.54) is 12.3 Å². The molecule has 0 N–H and O–H groups in total. The summed E-state index contributed by atoms with van der Waals surface area (Å²) < 4.78 is 13.5. The highest BCUT2D eigenvalue weighted by atomic mass is 79.9. The van der Waals surface area contributed by atoms with Gasteiger partial charge in [0.1, 0.15) is 5.82 Å². The summed E-state index contributed by atoms with van der Waals surface area (Å²) in [5.41, 5.74) is 0.487. The van der Waals surface area contributed by atoms with Gasteiger partial charge in [-0.15, -0.1) is 0 Å². The summed E-state index contributed by atoms with van der Waals surface area (Å²) in [4.78, 5) is 4.24. The Hall–Kier alpha value is -0.150. The zero-order chi connectivity index (χ0) is 10.7. The fourth-order valence-corrected chi connectivity index (χ4v) is 2.20. The second kappa shape index (κ2) is 5.08. The lowest BCUT2D eigenvalue weighted by Crippen LogP contribution is -2.11. The van der Waals surface area contributed by atoms with Crippen LogP contribution in [0, 0.1) is 5.82 Å². The fraction of sp³-hybridized carbons (Fsp3) is 0.500. The molecule has 1 aromatic heterocycles. The zero-order valence-corrected chi connectivity index (χ0v) is 10.4. The quantitative estimate of drug-likeness (QED) is 0.758. The number of pyridine rings is 1. The van der Waals surface area contributed by atoms with Crippen LogP contribution in [0.1, 0.15) is 31.9 Å². The Bertz CT molecular complexity index is 317. The maximum Gasteiger partial charge on any atom is 0.146 e. The van der Waals surface area contributed by atoms with Crippen LogP contribution in [-0.2, 0) is 0 Å². The topological polar surface area (TPSA) is 12.9 Å². The average Bonchev–Trinajstić information content (AvgIpc) is 2.09. The molecule has 1 heterocycles. The highest BCUT2D eigenvalue weighted by Gasteiger charge is 2.20. The number of halogens is 3. The van der Waals surface area contributed by atoms with Crippen molar-refractivity contribution in [3.8, 4) is 0 Å². The van der Waals surface area contributed by atoms with Gasteiger partial charge in [-0.1, -0.05) is 41.4 Å². The van der Waals surface area contributed by atoms with Crippen molar-refractivity contribution < 1.29 is 4.39 Å². The van der Waals surface area contributed by atoms with Gasteiger partial charge in [-0.2, -0.15) is 0 Å². The Morgan fingerprint density at radius 2 is 2.29 bits per heavy atom. The maximum absolute atomic E-state index is 13.5. The molecule has 0 aromatic carbocycles. The van der Waals surface area contributed by atoms with E-state index in [4.69, 9.17) is 11.6 Å². The second-order valence-electron chi connectivity index (χ2n) is 3.21. The van der Waals surface area contributed by atoms with Gasteiger partial charge in [-0.3, -0.25) is 4.98 Å². The second-order valence-corrected chi connectivity index (χ2v) is 5.09. The largest absolute Gasteiger partial charge is 0.256 e. The third-order valence-corrected chi connectivity index (χ3v) is 3.03. The Morgan fingerprint density at radius 1 is 1.64 bits per heavy atom. The number of hydrogen-bond donors (Lipinski definition) is 0. The van der Waals surface area contributed by atoms with E-state index in [1.807, 2.05) is 13.8 Å². The normalized spacial score (nSPS) is 15.2. The molecule has 0 bridgehead atoms. The summed E-state index contributed by atoms with van der Waals surface area (Å²) in [6.45, 7) is 4.00. The summed E-state index contributed by atoms with van der Waals surface area (Å²) in [6, 6.07) is 1.31. The molecule has 78 valence electrons. The van der Waals surface area contributed by atoms with Crippen molar-refractivity contribution in [2.75, 3.05) is 0 Å². The van der Waals surface area contributed by atoms with Crippen molar-refractivity contribution in [2.24, 2.45) is 0 Å². The number of rotatable bonds is 3. The molecule has 2 unspecified atom stereocenters. The minimum atomic E-state index is -0.323. The first kappa shape index (κ1) is 11.9. The lowest BCUT2D eigenvalue weighted by atomic mass is 9.98. The van der Waals surface area contributed by atoms with E-state index >= 15 is 0 Å². The van der Waals surface area contributed by atoms with Crippen LogP contribution in [0.3, 0.4) is 0 Å². The Kier molecular flexibility index (Phi) is 4.32. The summed E-state index contributed by atoms with van der Waals surface area (Å²) >= 11 is 9.08. The number of hydrogen-bond acceptors (Lipinski definition) is 1. The lowest BCUT2D eigenvalue weighted by molar-refractivity contribution is 0.549. The summed E-state index contributed by atoms with van der Waals surface area (Å²) in [5, 5.41) is 0.336. The molecule has 0 aliphatic rings. The molecule has 0 saturated carbocycles. The van der Waals surface area contributed by atoms with E-state index in [2.05, 4.69) is 20.9 Å². The monoisotopic (exact) mass is 279 g/mol. The van der Waals surface area contributed by atoms with Crippen molar-refractivity contribution in [3.63, 3.8) is 0 Å². The molecule has 1 rings (SSSR count). The van der Waals surface area contributed by atoms with Crippen molar-refractivity contribution >= 4 is 27.5 Å². The smallest absolute Gasteiger partial charge is 0.146 e. The first-order chi connectivity index (χ1) is 6.56. The molecule has 0 amide bonds. The predicted octanol–water partition coefficient (Wildman–Crippen LogP) is 4.15. The fourth-order valence-electron chi connectivity index (χ4n) is 1.43. The van der Waals surface area contributed by atoms with Crippen LogP contribution in [0.5, 0.6) is 0 Å². The molecule has 14 heavy (non-hydrogen) atoms. The molecule has 4 heteroatoms. The first-order valence-corrected chi connectivity index (χ1v) is 5.80. The van der Waals surface area contributed by atoms with E-state index in [0.717, 1.165) is 6.42 Å². The molecular formula is C10H12BrClFN. The van der Waals surface area contributed by atoms with Crippen LogP contribution >= 0.6 is 27.5 Å². The summed E-state index contributed by atoms with van der Waals surface area (Å²) in [5.74, 6) is -0.233. The zero-order valence-electron chi connectivity index (χ0n) is 8.10. The predicted molar refractivity (Wildman–Crippen MR) is 60.6 cm³/mol.